The van der Waals surface area contributed by atoms with Crippen molar-refractivity contribution in [1.82, 2.24) is 0 Å². The van der Waals surface area contributed by atoms with Gasteiger partial charge in [0.05, 0.1) is 26.7 Å². The van der Waals surface area contributed by atoms with Gasteiger partial charge in [0.25, 0.3) is 0 Å². The Morgan fingerprint density at radius 2 is 1.85 bits per heavy atom. The van der Waals surface area contributed by atoms with Gasteiger partial charge in [-0.15, -0.1) is 0 Å². The van der Waals surface area contributed by atoms with Gasteiger partial charge in [-0.2, -0.15) is 13.2 Å². The lowest BCUT2D eigenvalue weighted by atomic mass is 9.92. The van der Waals surface area contributed by atoms with E-state index in [1.54, 1.807) is 30.3 Å². The number of methoxy groups -OCH3 is 1. The Kier molecular flexibility index (Phi) is 5.52. The summed E-state index contributed by atoms with van der Waals surface area (Å²) in [6.45, 7) is -0.952. The molecular weight excluding hydrogens is 275 g/mol. The van der Waals surface area contributed by atoms with Gasteiger partial charge in [-0.25, -0.2) is 4.79 Å². The topological polar surface area (TPSA) is 61.5 Å². The molecule has 0 aromatic heterocycles. The molecule has 0 radical (unpaired) electrons. The summed E-state index contributed by atoms with van der Waals surface area (Å²) in [5, 5.41) is 0. The van der Waals surface area contributed by atoms with E-state index in [2.05, 4.69) is 4.74 Å². The number of halogens is 3. The van der Waals surface area contributed by atoms with E-state index in [4.69, 9.17) is 10.5 Å². The first kappa shape index (κ1) is 16.5. The molecule has 0 fully saturated rings. The number of ether oxygens (including phenoxy) is 2. The molecule has 0 amide bonds. The van der Waals surface area contributed by atoms with Crippen molar-refractivity contribution in [2.75, 3.05) is 20.3 Å². The zero-order valence-corrected chi connectivity index (χ0v) is 10.9. The quantitative estimate of drug-likeness (QED) is 0.643. The fourth-order valence-electron chi connectivity index (χ4n) is 1.60. The van der Waals surface area contributed by atoms with Crippen LogP contribution in [0.15, 0.2) is 30.3 Å². The Hall–Kier alpha value is -1.60. The minimum atomic E-state index is -4.31. The summed E-state index contributed by atoms with van der Waals surface area (Å²) >= 11 is 0. The van der Waals surface area contributed by atoms with Crippen molar-refractivity contribution >= 4 is 5.97 Å². The Balaban J connectivity index is 2.73. The van der Waals surface area contributed by atoms with Crippen LogP contribution in [-0.2, 0) is 19.8 Å². The molecule has 0 aliphatic heterocycles. The zero-order valence-electron chi connectivity index (χ0n) is 10.9. The van der Waals surface area contributed by atoms with Crippen LogP contribution < -0.4 is 5.73 Å². The van der Waals surface area contributed by atoms with Crippen molar-refractivity contribution in [2.24, 2.45) is 5.73 Å². The second-order valence-electron chi connectivity index (χ2n) is 4.25. The summed E-state index contributed by atoms with van der Waals surface area (Å²) in [4.78, 5) is 11.8. The van der Waals surface area contributed by atoms with Gasteiger partial charge in [-0.3, -0.25) is 0 Å². The van der Waals surface area contributed by atoms with Crippen LogP contribution in [0.5, 0.6) is 0 Å². The lowest BCUT2D eigenvalue weighted by Crippen LogP contribution is -2.49. The lowest BCUT2D eigenvalue weighted by Gasteiger charge is -2.26. The molecular formula is C13H16F3NO3. The molecule has 0 aliphatic carbocycles. The highest BCUT2D eigenvalue weighted by Gasteiger charge is 2.38. The van der Waals surface area contributed by atoms with Crippen molar-refractivity contribution in [2.45, 2.75) is 18.1 Å². The van der Waals surface area contributed by atoms with E-state index < -0.39 is 30.7 Å². The maximum absolute atomic E-state index is 12.0. The molecule has 0 saturated heterocycles. The number of carbonyl (C=O) groups excluding carboxylic acids is 1. The lowest BCUT2D eigenvalue weighted by molar-refractivity contribution is -0.155. The van der Waals surface area contributed by atoms with E-state index >= 15 is 0 Å². The Bertz CT molecular complexity index is 436. The van der Waals surface area contributed by atoms with Crippen LogP contribution in [0, 0.1) is 0 Å². The van der Waals surface area contributed by atoms with Crippen molar-refractivity contribution in [3.63, 3.8) is 0 Å². The molecule has 0 heterocycles. The van der Waals surface area contributed by atoms with Gasteiger partial charge < -0.3 is 15.2 Å². The van der Waals surface area contributed by atoms with Crippen LogP contribution in [0.25, 0.3) is 0 Å². The predicted molar refractivity (Wildman–Crippen MR) is 65.8 cm³/mol. The first-order valence-electron chi connectivity index (χ1n) is 5.87. The van der Waals surface area contributed by atoms with Gasteiger partial charge in [0.2, 0.25) is 0 Å². The summed E-state index contributed by atoms with van der Waals surface area (Å²) in [6.07, 6.45) is -5.41. The van der Waals surface area contributed by atoms with E-state index in [1.165, 1.54) is 0 Å². The number of hydrogen-bond acceptors (Lipinski definition) is 4. The summed E-state index contributed by atoms with van der Waals surface area (Å²) < 4.78 is 45.6. The van der Waals surface area contributed by atoms with Crippen LogP contribution in [0.1, 0.15) is 12.0 Å². The minimum absolute atomic E-state index is 0.389. The largest absolute Gasteiger partial charge is 0.467 e. The highest BCUT2D eigenvalue weighted by molar-refractivity contribution is 5.82. The van der Waals surface area contributed by atoms with Crippen LogP contribution >= 0.6 is 0 Å². The van der Waals surface area contributed by atoms with Gasteiger partial charge in [0, 0.05) is 0 Å². The Morgan fingerprint density at radius 1 is 1.25 bits per heavy atom. The minimum Gasteiger partial charge on any atom is -0.467 e. The molecule has 112 valence electrons. The van der Waals surface area contributed by atoms with Crippen LogP contribution in [0.4, 0.5) is 13.2 Å². The normalized spacial score (nSPS) is 14.7. The average Bonchev–Trinajstić information content (AvgIpc) is 2.42. The van der Waals surface area contributed by atoms with Crippen molar-refractivity contribution < 1.29 is 27.4 Å². The molecule has 1 aromatic carbocycles. The smallest absolute Gasteiger partial charge is 0.391 e. The van der Waals surface area contributed by atoms with Gasteiger partial charge in [0.15, 0.2) is 5.54 Å². The molecule has 0 bridgehead atoms. The molecule has 2 N–H and O–H groups in total. The summed E-state index contributed by atoms with van der Waals surface area (Å²) in [5.74, 6) is -0.768. The Labute approximate surface area is 114 Å². The highest BCUT2D eigenvalue weighted by atomic mass is 19.4. The fraction of sp³-hybridized carbons (Fsp3) is 0.462. The maximum Gasteiger partial charge on any atom is 0.391 e. The maximum atomic E-state index is 12.0. The van der Waals surface area contributed by atoms with Crippen LogP contribution in [0.3, 0.4) is 0 Å². The summed E-state index contributed by atoms with van der Waals surface area (Å²) in [5.41, 5.74) is 4.73. The zero-order chi connectivity index (χ0) is 15.2. The third-order valence-corrected chi connectivity index (χ3v) is 2.70. The van der Waals surface area contributed by atoms with Gasteiger partial charge in [-0.1, -0.05) is 30.3 Å². The van der Waals surface area contributed by atoms with Gasteiger partial charge in [-0.05, 0) is 5.56 Å². The Morgan fingerprint density at radius 3 is 2.35 bits per heavy atom. The van der Waals surface area contributed by atoms with Crippen molar-refractivity contribution in [3.8, 4) is 0 Å². The number of hydrogen-bond donors (Lipinski definition) is 1. The number of carbonyl (C=O) groups is 1. The van der Waals surface area contributed by atoms with Crippen LogP contribution in [-0.4, -0.2) is 32.5 Å². The third-order valence-electron chi connectivity index (χ3n) is 2.70. The van der Waals surface area contributed by atoms with Crippen molar-refractivity contribution in [1.29, 1.82) is 0 Å². The first-order chi connectivity index (χ1) is 9.29. The monoisotopic (exact) mass is 291 g/mol. The predicted octanol–water partition coefficient (Wildman–Crippen LogP) is 1.98. The molecule has 7 heteroatoms. The van der Waals surface area contributed by atoms with E-state index in [1.807, 2.05) is 0 Å². The number of rotatable bonds is 6. The molecule has 0 spiro atoms. The molecule has 1 atom stereocenters. The van der Waals surface area contributed by atoms with Crippen molar-refractivity contribution in [3.05, 3.63) is 35.9 Å². The van der Waals surface area contributed by atoms with Crippen LogP contribution in [0.2, 0.25) is 0 Å². The molecule has 1 aromatic rings. The van der Waals surface area contributed by atoms with E-state index in [-0.39, 0.29) is 6.61 Å². The first-order valence-corrected chi connectivity index (χ1v) is 5.87. The fourth-order valence-corrected chi connectivity index (χ4v) is 1.60. The average molecular weight is 291 g/mol. The molecule has 20 heavy (non-hydrogen) atoms. The van der Waals surface area contributed by atoms with E-state index in [0.717, 1.165) is 7.11 Å². The molecule has 0 saturated carbocycles. The molecule has 0 aliphatic rings. The second kappa shape index (κ2) is 6.71. The summed E-state index contributed by atoms with van der Waals surface area (Å²) in [7, 11) is 1.16. The molecule has 4 nitrogen and oxygen atoms in total. The molecule has 1 unspecified atom stereocenters. The number of esters is 1. The summed E-state index contributed by atoms with van der Waals surface area (Å²) in [6, 6.07) is 8.23. The van der Waals surface area contributed by atoms with Gasteiger partial charge >= 0.3 is 12.1 Å². The highest BCUT2D eigenvalue weighted by Crippen LogP contribution is 2.22. The third kappa shape index (κ3) is 4.50. The molecule has 1 rings (SSSR count). The number of benzene rings is 1. The standard InChI is InChI=1S/C13H16F3NO3/c1-19-11(18)12(17,10-5-3-2-4-6-10)9-20-8-7-13(14,15)16/h2-6H,7-9,17H2,1H3. The SMILES string of the molecule is COC(=O)C(N)(COCCC(F)(F)F)c1ccccc1. The van der Waals surface area contributed by atoms with E-state index in [9.17, 15) is 18.0 Å². The number of nitrogens with two attached hydrogens (primary N) is 1. The van der Waals surface area contributed by atoms with E-state index in [0.29, 0.717) is 5.56 Å². The number of alkyl halides is 3. The van der Waals surface area contributed by atoms with Gasteiger partial charge in [0.1, 0.15) is 0 Å². The second-order valence-corrected chi connectivity index (χ2v) is 4.25.